The van der Waals surface area contributed by atoms with Crippen molar-refractivity contribution in [2.75, 3.05) is 19.6 Å². The highest BCUT2D eigenvalue weighted by Crippen LogP contribution is 2.19. The van der Waals surface area contributed by atoms with Gasteiger partial charge in [-0.15, -0.1) is 11.3 Å². The van der Waals surface area contributed by atoms with E-state index in [2.05, 4.69) is 48.3 Å². The Morgan fingerprint density at radius 2 is 2.16 bits per heavy atom. The summed E-state index contributed by atoms with van der Waals surface area (Å²) in [6.45, 7) is 12.7. The molecule has 2 rings (SSSR count). The maximum Gasteiger partial charge on any atom is 0.0937 e. The van der Waals surface area contributed by atoms with Crippen LogP contribution in [0.25, 0.3) is 0 Å². The zero-order valence-corrected chi connectivity index (χ0v) is 13.4. The highest BCUT2D eigenvalue weighted by molar-refractivity contribution is 7.09. The van der Waals surface area contributed by atoms with Crippen LogP contribution in [0.1, 0.15) is 32.7 Å². The average Bonchev–Trinajstić information content (AvgIpc) is 2.88. The molecule has 108 valence electrons. The lowest BCUT2D eigenvalue weighted by atomic mass is 9.94. The van der Waals surface area contributed by atoms with Gasteiger partial charge in [0, 0.05) is 49.7 Å². The lowest BCUT2D eigenvalue weighted by Gasteiger charge is -2.43. The second-order valence-electron chi connectivity index (χ2n) is 6.24. The maximum atomic E-state index is 4.40. The summed E-state index contributed by atoms with van der Waals surface area (Å²) in [6, 6.07) is 1.29. The van der Waals surface area contributed by atoms with Gasteiger partial charge < -0.3 is 5.32 Å². The monoisotopic (exact) mass is 281 g/mol. The van der Waals surface area contributed by atoms with Crippen LogP contribution in [0, 0.1) is 11.8 Å². The molecule has 0 amide bonds. The van der Waals surface area contributed by atoms with Gasteiger partial charge in [-0.2, -0.15) is 0 Å². The van der Waals surface area contributed by atoms with E-state index in [4.69, 9.17) is 0 Å². The molecule has 0 aromatic carbocycles. The standard InChI is InChI=1S/C15H27N3S/c1-11(2)13-10-18(14(9-17-13)12(3)4)7-5-15-16-6-8-19-15/h6,8,11-14,17H,5,7,9-10H2,1-4H3. The molecule has 2 atom stereocenters. The van der Waals surface area contributed by atoms with Crippen LogP contribution in [0.4, 0.5) is 0 Å². The number of piperazine rings is 1. The summed E-state index contributed by atoms with van der Waals surface area (Å²) >= 11 is 1.77. The van der Waals surface area contributed by atoms with Crippen molar-refractivity contribution in [3.63, 3.8) is 0 Å². The SMILES string of the molecule is CC(C)C1CN(CCc2nccs2)C(C(C)C)CN1. The van der Waals surface area contributed by atoms with Gasteiger partial charge in [-0.25, -0.2) is 4.98 Å². The summed E-state index contributed by atoms with van der Waals surface area (Å²) in [5.41, 5.74) is 0. The van der Waals surface area contributed by atoms with Gasteiger partial charge in [0.2, 0.25) is 0 Å². The third-order valence-corrected chi connectivity index (χ3v) is 5.00. The number of aromatic nitrogens is 1. The van der Waals surface area contributed by atoms with E-state index >= 15 is 0 Å². The summed E-state index contributed by atoms with van der Waals surface area (Å²) < 4.78 is 0. The topological polar surface area (TPSA) is 28.2 Å². The zero-order chi connectivity index (χ0) is 13.8. The number of hydrogen-bond donors (Lipinski definition) is 1. The van der Waals surface area contributed by atoms with Gasteiger partial charge in [-0.05, 0) is 11.8 Å². The van der Waals surface area contributed by atoms with E-state index in [-0.39, 0.29) is 0 Å². The molecule has 4 heteroatoms. The molecule has 2 heterocycles. The second kappa shape index (κ2) is 6.82. The van der Waals surface area contributed by atoms with Crippen LogP contribution in [0.5, 0.6) is 0 Å². The first kappa shape index (κ1) is 14.9. The van der Waals surface area contributed by atoms with Gasteiger partial charge in [-0.3, -0.25) is 4.90 Å². The normalized spacial score (nSPS) is 25.4. The molecular formula is C15H27N3S. The van der Waals surface area contributed by atoms with Crippen LogP contribution >= 0.6 is 11.3 Å². The fourth-order valence-electron chi connectivity index (χ4n) is 2.83. The maximum absolute atomic E-state index is 4.40. The summed E-state index contributed by atoms with van der Waals surface area (Å²) in [5.74, 6) is 1.41. The minimum atomic E-state index is 0.631. The van der Waals surface area contributed by atoms with Crippen LogP contribution < -0.4 is 5.32 Å². The number of hydrogen-bond acceptors (Lipinski definition) is 4. The van der Waals surface area contributed by atoms with Crippen molar-refractivity contribution in [3.8, 4) is 0 Å². The molecule has 1 N–H and O–H groups in total. The smallest absolute Gasteiger partial charge is 0.0937 e. The highest BCUT2D eigenvalue weighted by atomic mass is 32.1. The molecule has 2 unspecified atom stereocenters. The Bertz CT molecular complexity index is 361. The summed E-state index contributed by atoms with van der Waals surface area (Å²) in [4.78, 5) is 7.07. The van der Waals surface area contributed by atoms with Gasteiger partial charge in [0.1, 0.15) is 0 Å². The Hall–Kier alpha value is -0.450. The lowest BCUT2D eigenvalue weighted by Crippen LogP contribution is -2.59. The Balaban J connectivity index is 1.95. The van der Waals surface area contributed by atoms with E-state index in [0.717, 1.165) is 19.5 Å². The van der Waals surface area contributed by atoms with E-state index in [1.54, 1.807) is 11.3 Å². The van der Waals surface area contributed by atoms with Crippen molar-refractivity contribution in [2.45, 2.75) is 46.2 Å². The van der Waals surface area contributed by atoms with E-state index < -0.39 is 0 Å². The molecule has 1 aliphatic heterocycles. The first-order valence-electron chi connectivity index (χ1n) is 7.43. The molecule has 1 aromatic heterocycles. The third kappa shape index (κ3) is 4.01. The van der Waals surface area contributed by atoms with Crippen molar-refractivity contribution in [1.29, 1.82) is 0 Å². The molecule has 1 saturated heterocycles. The molecule has 0 radical (unpaired) electrons. The fraction of sp³-hybridized carbons (Fsp3) is 0.800. The lowest BCUT2D eigenvalue weighted by molar-refractivity contribution is 0.0863. The average molecular weight is 281 g/mol. The Morgan fingerprint density at radius 1 is 1.37 bits per heavy atom. The van der Waals surface area contributed by atoms with Crippen LogP contribution in [-0.2, 0) is 6.42 Å². The van der Waals surface area contributed by atoms with E-state index in [1.807, 2.05) is 6.20 Å². The number of thiazole rings is 1. The first-order valence-corrected chi connectivity index (χ1v) is 8.31. The molecule has 1 aliphatic rings. The Morgan fingerprint density at radius 3 is 2.74 bits per heavy atom. The number of nitrogens with one attached hydrogen (secondary N) is 1. The van der Waals surface area contributed by atoms with Crippen LogP contribution in [0.3, 0.4) is 0 Å². The van der Waals surface area contributed by atoms with Gasteiger partial charge in [-0.1, -0.05) is 27.7 Å². The minimum absolute atomic E-state index is 0.631. The molecule has 1 aromatic rings. The molecule has 19 heavy (non-hydrogen) atoms. The molecule has 0 saturated carbocycles. The largest absolute Gasteiger partial charge is 0.311 e. The Labute approximate surface area is 121 Å². The second-order valence-corrected chi connectivity index (χ2v) is 7.22. The van der Waals surface area contributed by atoms with Crippen molar-refractivity contribution >= 4 is 11.3 Å². The van der Waals surface area contributed by atoms with E-state index in [1.165, 1.54) is 11.6 Å². The number of rotatable bonds is 5. The van der Waals surface area contributed by atoms with Crippen LogP contribution in [0.2, 0.25) is 0 Å². The summed E-state index contributed by atoms with van der Waals surface area (Å²) in [7, 11) is 0. The molecular weight excluding hydrogens is 254 g/mol. The van der Waals surface area contributed by atoms with Gasteiger partial charge in [0.05, 0.1) is 5.01 Å². The summed E-state index contributed by atoms with van der Waals surface area (Å²) in [5, 5.41) is 7.06. The highest BCUT2D eigenvalue weighted by Gasteiger charge is 2.30. The van der Waals surface area contributed by atoms with E-state index in [9.17, 15) is 0 Å². The molecule has 0 spiro atoms. The van der Waals surface area contributed by atoms with Gasteiger partial charge >= 0.3 is 0 Å². The minimum Gasteiger partial charge on any atom is -0.311 e. The molecule has 3 nitrogen and oxygen atoms in total. The third-order valence-electron chi connectivity index (χ3n) is 4.16. The van der Waals surface area contributed by atoms with Crippen molar-refractivity contribution in [3.05, 3.63) is 16.6 Å². The van der Waals surface area contributed by atoms with Crippen molar-refractivity contribution in [1.82, 2.24) is 15.2 Å². The first-order chi connectivity index (χ1) is 9.08. The van der Waals surface area contributed by atoms with Crippen LogP contribution in [-0.4, -0.2) is 41.6 Å². The Kier molecular flexibility index (Phi) is 5.37. The van der Waals surface area contributed by atoms with E-state index in [0.29, 0.717) is 23.9 Å². The van der Waals surface area contributed by atoms with Crippen LogP contribution in [0.15, 0.2) is 11.6 Å². The predicted octanol–water partition coefficient (Wildman–Crippen LogP) is 2.64. The van der Waals surface area contributed by atoms with Gasteiger partial charge in [0.15, 0.2) is 0 Å². The fourth-order valence-corrected chi connectivity index (χ4v) is 3.44. The zero-order valence-electron chi connectivity index (χ0n) is 12.6. The number of nitrogens with zero attached hydrogens (tertiary/aromatic N) is 2. The molecule has 1 fully saturated rings. The van der Waals surface area contributed by atoms with Gasteiger partial charge in [0.25, 0.3) is 0 Å². The molecule has 0 bridgehead atoms. The molecule has 0 aliphatic carbocycles. The van der Waals surface area contributed by atoms with Crippen molar-refractivity contribution in [2.24, 2.45) is 11.8 Å². The summed E-state index contributed by atoms with van der Waals surface area (Å²) in [6.07, 6.45) is 3.00. The quantitative estimate of drug-likeness (QED) is 0.899. The van der Waals surface area contributed by atoms with Crippen molar-refractivity contribution < 1.29 is 0 Å². The predicted molar refractivity (Wildman–Crippen MR) is 82.6 cm³/mol.